The SMILES string of the molecule is C[C@H](c1ccccc1)N1C[C@@H](C(=O)N2CCNc3ccccc3C2)CC1=O. The van der Waals surface area contributed by atoms with Crippen LogP contribution in [0.1, 0.15) is 30.5 Å². The van der Waals surface area contributed by atoms with E-state index in [-0.39, 0.29) is 23.8 Å². The third-order valence-electron chi connectivity index (χ3n) is 5.64. The lowest BCUT2D eigenvalue weighted by molar-refractivity contribution is -0.136. The highest BCUT2D eigenvalue weighted by Gasteiger charge is 2.39. The highest BCUT2D eigenvalue weighted by atomic mass is 16.2. The molecule has 27 heavy (non-hydrogen) atoms. The van der Waals surface area contributed by atoms with E-state index in [0.717, 1.165) is 23.4 Å². The van der Waals surface area contributed by atoms with Gasteiger partial charge in [0.1, 0.15) is 0 Å². The standard InChI is InChI=1S/C22H25N3O2/c1-16(17-7-3-2-4-8-17)25-15-19(13-21(25)26)22(27)24-12-11-23-20-10-6-5-9-18(20)14-24/h2-10,16,19,23H,11-15H2,1H3/t16-,19+/m1/s1. The summed E-state index contributed by atoms with van der Waals surface area (Å²) in [5.74, 6) is -0.100. The first-order valence-corrected chi connectivity index (χ1v) is 9.58. The third-order valence-corrected chi connectivity index (χ3v) is 5.64. The topological polar surface area (TPSA) is 52.7 Å². The highest BCUT2D eigenvalue weighted by molar-refractivity contribution is 5.89. The van der Waals surface area contributed by atoms with Gasteiger partial charge >= 0.3 is 0 Å². The molecule has 0 bridgehead atoms. The van der Waals surface area contributed by atoms with Crippen LogP contribution < -0.4 is 5.32 Å². The smallest absolute Gasteiger partial charge is 0.228 e. The second-order valence-corrected chi connectivity index (χ2v) is 7.38. The number of benzene rings is 2. The van der Waals surface area contributed by atoms with Crippen LogP contribution in [0, 0.1) is 5.92 Å². The van der Waals surface area contributed by atoms with Gasteiger partial charge in [0, 0.05) is 38.3 Å². The van der Waals surface area contributed by atoms with Crippen LogP contribution in [0.25, 0.3) is 0 Å². The maximum absolute atomic E-state index is 13.1. The minimum Gasteiger partial charge on any atom is -0.383 e. The average molecular weight is 363 g/mol. The Balaban J connectivity index is 1.46. The number of amides is 2. The summed E-state index contributed by atoms with van der Waals surface area (Å²) in [6.45, 7) is 4.52. The Kier molecular flexibility index (Phi) is 4.84. The number of carbonyl (C=O) groups excluding carboxylic acids is 2. The number of anilines is 1. The van der Waals surface area contributed by atoms with E-state index < -0.39 is 0 Å². The quantitative estimate of drug-likeness (QED) is 0.912. The number of nitrogens with zero attached hydrogens (tertiary/aromatic N) is 2. The van der Waals surface area contributed by atoms with E-state index in [0.29, 0.717) is 26.1 Å². The van der Waals surface area contributed by atoms with Crippen LogP contribution >= 0.6 is 0 Å². The predicted octanol–water partition coefficient (Wildman–Crippen LogP) is 3.05. The van der Waals surface area contributed by atoms with E-state index in [1.54, 1.807) is 0 Å². The van der Waals surface area contributed by atoms with Crippen molar-refractivity contribution in [2.45, 2.75) is 25.9 Å². The van der Waals surface area contributed by atoms with E-state index in [9.17, 15) is 9.59 Å². The molecule has 2 heterocycles. The zero-order chi connectivity index (χ0) is 18.8. The van der Waals surface area contributed by atoms with Gasteiger partial charge in [-0.3, -0.25) is 9.59 Å². The maximum atomic E-state index is 13.1. The van der Waals surface area contributed by atoms with E-state index in [2.05, 4.69) is 11.4 Å². The van der Waals surface area contributed by atoms with E-state index in [1.165, 1.54) is 0 Å². The number of hydrogen-bond acceptors (Lipinski definition) is 3. The second-order valence-electron chi connectivity index (χ2n) is 7.38. The van der Waals surface area contributed by atoms with E-state index in [4.69, 9.17) is 0 Å². The number of likely N-dealkylation sites (tertiary alicyclic amines) is 1. The summed E-state index contributed by atoms with van der Waals surface area (Å²) in [7, 11) is 0. The molecule has 4 rings (SSSR count). The van der Waals surface area contributed by atoms with Crippen LogP contribution in [0.5, 0.6) is 0 Å². The Morgan fingerprint density at radius 1 is 1.11 bits per heavy atom. The molecule has 2 aromatic rings. The zero-order valence-corrected chi connectivity index (χ0v) is 15.6. The predicted molar refractivity (Wildman–Crippen MR) is 105 cm³/mol. The monoisotopic (exact) mass is 363 g/mol. The molecule has 1 saturated heterocycles. The van der Waals surface area contributed by atoms with Crippen molar-refractivity contribution in [3.63, 3.8) is 0 Å². The second kappa shape index (κ2) is 7.43. The molecule has 2 aliphatic rings. The zero-order valence-electron chi connectivity index (χ0n) is 15.6. The minimum atomic E-state index is -0.256. The molecule has 0 saturated carbocycles. The first kappa shape index (κ1) is 17.6. The Bertz CT molecular complexity index is 836. The molecule has 2 aromatic carbocycles. The van der Waals surface area contributed by atoms with Crippen LogP contribution in [0.3, 0.4) is 0 Å². The molecule has 0 aromatic heterocycles. The third kappa shape index (κ3) is 3.54. The number of hydrogen-bond donors (Lipinski definition) is 1. The highest BCUT2D eigenvalue weighted by Crippen LogP contribution is 2.30. The first-order chi connectivity index (χ1) is 13.1. The van der Waals surface area contributed by atoms with Gasteiger partial charge in [0.05, 0.1) is 12.0 Å². The van der Waals surface area contributed by atoms with Gasteiger partial charge in [0.25, 0.3) is 0 Å². The van der Waals surface area contributed by atoms with Crippen molar-refractivity contribution in [2.75, 3.05) is 25.0 Å². The average Bonchev–Trinajstić information content (AvgIpc) is 2.96. The van der Waals surface area contributed by atoms with E-state index in [1.807, 2.05) is 65.3 Å². The van der Waals surface area contributed by atoms with Gasteiger partial charge in [0.15, 0.2) is 0 Å². The molecule has 0 radical (unpaired) electrons. The molecule has 5 heteroatoms. The lowest BCUT2D eigenvalue weighted by atomic mass is 10.1. The molecule has 0 spiro atoms. The van der Waals surface area contributed by atoms with Gasteiger partial charge in [-0.15, -0.1) is 0 Å². The molecular formula is C22H25N3O2. The Labute approximate surface area is 160 Å². The Morgan fingerprint density at radius 2 is 1.85 bits per heavy atom. The fourth-order valence-corrected chi connectivity index (χ4v) is 4.07. The first-order valence-electron chi connectivity index (χ1n) is 9.58. The fraction of sp³-hybridized carbons (Fsp3) is 0.364. The van der Waals surface area contributed by atoms with Crippen molar-refractivity contribution < 1.29 is 9.59 Å². The molecule has 0 aliphatic carbocycles. The van der Waals surface area contributed by atoms with Gasteiger partial charge < -0.3 is 15.1 Å². The summed E-state index contributed by atoms with van der Waals surface area (Å²) < 4.78 is 0. The van der Waals surface area contributed by atoms with Gasteiger partial charge in [-0.2, -0.15) is 0 Å². The molecule has 2 atom stereocenters. The van der Waals surface area contributed by atoms with Crippen molar-refractivity contribution >= 4 is 17.5 Å². The van der Waals surface area contributed by atoms with Crippen LogP contribution in [-0.2, 0) is 16.1 Å². The fourth-order valence-electron chi connectivity index (χ4n) is 4.07. The summed E-state index contributed by atoms with van der Waals surface area (Å²) in [6.07, 6.45) is 0.307. The van der Waals surface area contributed by atoms with Crippen molar-refractivity contribution in [3.8, 4) is 0 Å². The lowest BCUT2D eigenvalue weighted by Gasteiger charge is -2.27. The molecule has 0 unspecified atom stereocenters. The summed E-state index contributed by atoms with van der Waals surface area (Å²) in [5, 5.41) is 3.39. The van der Waals surface area contributed by atoms with Crippen molar-refractivity contribution in [1.29, 1.82) is 0 Å². The van der Waals surface area contributed by atoms with Gasteiger partial charge in [-0.1, -0.05) is 48.5 Å². The van der Waals surface area contributed by atoms with Crippen LogP contribution in [0.2, 0.25) is 0 Å². The molecule has 1 fully saturated rings. The molecule has 140 valence electrons. The summed E-state index contributed by atoms with van der Waals surface area (Å²) in [4.78, 5) is 29.5. The Morgan fingerprint density at radius 3 is 2.67 bits per heavy atom. The maximum Gasteiger partial charge on any atom is 0.228 e. The summed E-state index contributed by atoms with van der Waals surface area (Å²) >= 11 is 0. The largest absolute Gasteiger partial charge is 0.383 e. The lowest BCUT2D eigenvalue weighted by Crippen LogP contribution is -2.38. The van der Waals surface area contributed by atoms with Crippen molar-refractivity contribution in [1.82, 2.24) is 9.80 Å². The minimum absolute atomic E-state index is 0.0111. The number of para-hydroxylation sites is 1. The number of rotatable bonds is 3. The van der Waals surface area contributed by atoms with Crippen molar-refractivity contribution in [2.24, 2.45) is 5.92 Å². The van der Waals surface area contributed by atoms with E-state index >= 15 is 0 Å². The number of fused-ring (bicyclic) bond motifs is 1. The van der Waals surface area contributed by atoms with Gasteiger partial charge in [-0.05, 0) is 24.1 Å². The molecule has 1 N–H and O–H groups in total. The summed E-state index contributed by atoms with van der Waals surface area (Å²) in [5.41, 5.74) is 3.32. The van der Waals surface area contributed by atoms with Crippen LogP contribution in [0.4, 0.5) is 5.69 Å². The number of carbonyl (C=O) groups is 2. The van der Waals surface area contributed by atoms with Crippen molar-refractivity contribution in [3.05, 3.63) is 65.7 Å². The summed E-state index contributed by atoms with van der Waals surface area (Å²) in [6, 6.07) is 18.1. The van der Waals surface area contributed by atoms with Crippen LogP contribution in [0.15, 0.2) is 54.6 Å². The molecular weight excluding hydrogens is 338 g/mol. The van der Waals surface area contributed by atoms with Crippen LogP contribution in [-0.4, -0.2) is 41.2 Å². The van der Waals surface area contributed by atoms with Gasteiger partial charge in [0.2, 0.25) is 11.8 Å². The molecule has 5 nitrogen and oxygen atoms in total. The molecule has 2 amide bonds. The number of nitrogens with one attached hydrogen (secondary N) is 1. The Hall–Kier alpha value is -2.82. The normalized spacial score (nSPS) is 20.6. The van der Waals surface area contributed by atoms with Gasteiger partial charge in [-0.25, -0.2) is 0 Å². The molecule has 2 aliphatic heterocycles.